The van der Waals surface area contributed by atoms with Gasteiger partial charge in [-0.25, -0.2) is 0 Å². The molecule has 2 aromatic carbocycles. The van der Waals surface area contributed by atoms with E-state index in [0.29, 0.717) is 0 Å². The molecule has 1 heterocycles. The van der Waals surface area contributed by atoms with Crippen molar-refractivity contribution in [1.29, 1.82) is 0 Å². The largest absolute Gasteiger partial charge is 0.278 e. The maximum absolute atomic E-state index is 4.23. The molecule has 5 heteroatoms. The zero-order valence-electron chi connectivity index (χ0n) is 10.6. The quantitative estimate of drug-likeness (QED) is 0.586. The van der Waals surface area contributed by atoms with Gasteiger partial charge in [0.15, 0.2) is 0 Å². The first-order valence-corrected chi connectivity index (χ1v) is 6.93. The topological polar surface area (TPSA) is 50.2 Å². The van der Waals surface area contributed by atoms with Gasteiger partial charge in [-0.15, -0.1) is 5.10 Å². The lowest BCUT2D eigenvalue weighted by atomic mass is 10.1. The molecule has 0 spiro atoms. The van der Waals surface area contributed by atoms with Gasteiger partial charge in [-0.2, -0.15) is 5.10 Å². The SMILES string of the molecule is C(=N\Nc1ccccc1)/c1snnc1-c1ccccc1. The normalized spacial score (nSPS) is 10.8. The molecule has 1 aromatic heterocycles. The zero-order valence-corrected chi connectivity index (χ0v) is 11.4. The fourth-order valence-corrected chi connectivity index (χ4v) is 2.31. The molecule has 1 N–H and O–H groups in total. The van der Waals surface area contributed by atoms with E-state index in [2.05, 4.69) is 20.1 Å². The summed E-state index contributed by atoms with van der Waals surface area (Å²) in [4.78, 5) is 0.930. The van der Waals surface area contributed by atoms with Crippen LogP contribution in [0.15, 0.2) is 65.8 Å². The lowest BCUT2D eigenvalue weighted by molar-refractivity contribution is 1.16. The molecule has 3 aromatic rings. The van der Waals surface area contributed by atoms with E-state index in [9.17, 15) is 0 Å². The van der Waals surface area contributed by atoms with Crippen LogP contribution in [0.4, 0.5) is 5.69 Å². The predicted octanol–water partition coefficient (Wildman–Crippen LogP) is 3.65. The van der Waals surface area contributed by atoms with Crippen LogP contribution in [-0.2, 0) is 0 Å². The lowest BCUT2D eigenvalue weighted by Gasteiger charge is -1.98. The van der Waals surface area contributed by atoms with Gasteiger partial charge in [0.25, 0.3) is 0 Å². The van der Waals surface area contributed by atoms with E-state index >= 15 is 0 Å². The first-order chi connectivity index (χ1) is 9.93. The fraction of sp³-hybridized carbons (Fsp3) is 0. The molecule has 0 saturated heterocycles. The van der Waals surface area contributed by atoms with E-state index in [-0.39, 0.29) is 0 Å². The summed E-state index contributed by atoms with van der Waals surface area (Å²) in [5.74, 6) is 0. The summed E-state index contributed by atoms with van der Waals surface area (Å²) in [5.41, 5.74) is 5.83. The van der Waals surface area contributed by atoms with Crippen molar-refractivity contribution in [1.82, 2.24) is 9.59 Å². The van der Waals surface area contributed by atoms with Crippen molar-refractivity contribution >= 4 is 23.4 Å². The Morgan fingerprint density at radius 1 is 0.950 bits per heavy atom. The molecule has 0 saturated carbocycles. The first-order valence-electron chi connectivity index (χ1n) is 6.15. The lowest BCUT2D eigenvalue weighted by Crippen LogP contribution is -1.90. The highest BCUT2D eigenvalue weighted by Gasteiger charge is 2.07. The third-order valence-electron chi connectivity index (χ3n) is 2.71. The number of nitrogens with one attached hydrogen (secondary N) is 1. The Bertz CT molecular complexity index is 692. The molecule has 3 rings (SSSR count). The van der Waals surface area contributed by atoms with Crippen LogP contribution in [0.5, 0.6) is 0 Å². The van der Waals surface area contributed by atoms with E-state index in [1.807, 2.05) is 60.7 Å². The maximum atomic E-state index is 4.23. The number of nitrogens with zero attached hydrogens (tertiary/aromatic N) is 3. The smallest absolute Gasteiger partial charge is 0.114 e. The van der Waals surface area contributed by atoms with Crippen molar-refractivity contribution in [2.45, 2.75) is 0 Å². The van der Waals surface area contributed by atoms with Crippen molar-refractivity contribution in [3.63, 3.8) is 0 Å². The van der Waals surface area contributed by atoms with E-state index in [1.165, 1.54) is 11.5 Å². The monoisotopic (exact) mass is 280 g/mol. The van der Waals surface area contributed by atoms with Gasteiger partial charge in [0.1, 0.15) is 5.69 Å². The molecule has 20 heavy (non-hydrogen) atoms. The molecule has 0 bridgehead atoms. The summed E-state index contributed by atoms with van der Waals surface area (Å²) in [6.07, 6.45) is 1.75. The molecule has 0 unspecified atom stereocenters. The Morgan fingerprint density at radius 2 is 1.65 bits per heavy atom. The molecular formula is C15H12N4S. The number of benzene rings is 2. The van der Waals surface area contributed by atoms with Crippen molar-refractivity contribution in [3.8, 4) is 11.3 Å². The van der Waals surface area contributed by atoms with E-state index in [4.69, 9.17) is 0 Å². The average molecular weight is 280 g/mol. The first kappa shape index (κ1) is 12.5. The summed E-state index contributed by atoms with van der Waals surface area (Å²) >= 11 is 1.33. The van der Waals surface area contributed by atoms with Gasteiger partial charge in [-0.3, -0.25) is 5.43 Å². The molecule has 4 nitrogen and oxygen atoms in total. The second-order valence-electron chi connectivity index (χ2n) is 4.09. The van der Waals surface area contributed by atoms with Crippen LogP contribution in [0.1, 0.15) is 4.88 Å². The molecule has 98 valence electrons. The second-order valence-corrected chi connectivity index (χ2v) is 4.87. The van der Waals surface area contributed by atoms with Crippen LogP contribution >= 0.6 is 11.5 Å². The number of hydrogen-bond donors (Lipinski definition) is 1. The summed E-state index contributed by atoms with van der Waals surface area (Å²) in [6, 6.07) is 19.8. The molecule has 0 fully saturated rings. The number of anilines is 1. The summed E-state index contributed by atoms with van der Waals surface area (Å²) < 4.78 is 4.00. The number of para-hydroxylation sites is 1. The van der Waals surface area contributed by atoms with Gasteiger partial charge >= 0.3 is 0 Å². The second kappa shape index (κ2) is 6.08. The van der Waals surface area contributed by atoms with Gasteiger partial charge in [-0.1, -0.05) is 53.0 Å². The standard InChI is InChI=1S/C15H12N4S/c1-3-7-12(8-4-1)15-14(20-19-18-15)11-16-17-13-9-5-2-6-10-13/h1-11,17H/b16-11+. The zero-order chi connectivity index (χ0) is 13.6. The molecular weight excluding hydrogens is 268 g/mol. The van der Waals surface area contributed by atoms with Crippen molar-refractivity contribution < 1.29 is 0 Å². The minimum atomic E-state index is 0.856. The molecule has 0 radical (unpaired) electrons. The number of hydrazone groups is 1. The Morgan fingerprint density at radius 3 is 2.40 bits per heavy atom. The average Bonchev–Trinajstić information content (AvgIpc) is 2.98. The van der Waals surface area contributed by atoms with Crippen LogP contribution in [0.3, 0.4) is 0 Å². The summed E-state index contributed by atoms with van der Waals surface area (Å²) in [6.45, 7) is 0. The molecule has 0 atom stereocenters. The highest BCUT2D eigenvalue weighted by Crippen LogP contribution is 2.21. The van der Waals surface area contributed by atoms with Gasteiger partial charge < -0.3 is 0 Å². The van der Waals surface area contributed by atoms with E-state index in [1.54, 1.807) is 6.21 Å². The van der Waals surface area contributed by atoms with Crippen LogP contribution in [0.2, 0.25) is 0 Å². The third kappa shape index (κ3) is 2.89. The van der Waals surface area contributed by atoms with Gasteiger partial charge in [0.05, 0.1) is 16.8 Å². The van der Waals surface area contributed by atoms with Crippen molar-refractivity contribution in [2.75, 3.05) is 5.43 Å². The summed E-state index contributed by atoms with van der Waals surface area (Å²) in [5, 5.41) is 8.39. The van der Waals surface area contributed by atoms with Crippen molar-refractivity contribution in [2.24, 2.45) is 5.10 Å². The molecule has 0 aliphatic rings. The highest BCUT2D eigenvalue weighted by molar-refractivity contribution is 7.08. The fourth-order valence-electron chi connectivity index (χ4n) is 1.76. The Kier molecular flexibility index (Phi) is 3.80. The third-order valence-corrected chi connectivity index (χ3v) is 3.37. The Balaban J connectivity index is 1.77. The summed E-state index contributed by atoms with van der Waals surface area (Å²) in [7, 11) is 0. The maximum Gasteiger partial charge on any atom is 0.114 e. The highest BCUT2D eigenvalue weighted by atomic mass is 32.1. The predicted molar refractivity (Wildman–Crippen MR) is 83.0 cm³/mol. The van der Waals surface area contributed by atoms with Gasteiger partial charge in [-0.05, 0) is 23.7 Å². The number of aromatic nitrogens is 2. The van der Waals surface area contributed by atoms with E-state index in [0.717, 1.165) is 21.8 Å². The van der Waals surface area contributed by atoms with Crippen LogP contribution in [0, 0.1) is 0 Å². The molecule has 0 amide bonds. The van der Waals surface area contributed by atoms with Crippen LogP contribution < -0.4 is 5.43 Å². The van der Waals surface area contributed by atoms with Gasteiger partial charge in [0.2, 0.25) is 0 Å². The number of rotatable bonds is 4. The minimum absolute atomic E-state index is 0.856. The molecule has 0 aliphatic heterocycles. The Hall–Kier alpha value is -2.53. The minimum Gasteiger partial charge on any atom is -0.278 e. The van der Waals surface area contributed by atoms with E-state index < -0.39 is 0 Å². The van der Waals surface area contributed by atoms with Crippen LogP contribution in [0.25, 0.3) is 11.3 Å². The Labute approximate surface area is 121 Å². The van der Waals surface area contributed by atoms with Crippen molar-refractivity contribution in [3.05, 3.63) is 65.5 Å². The van der Waals surface area contributed by atoms with Gasteiger partial charge in [0, 0.05) is 5.56 Å². The van der Waals surface area contributed by atoms with Crippen LogP contribution in [-0.4, -0.2) is 15.8 Å². The number of hydrogen-bond acceptors (Lipinski definition) is 5. The molecule has 0 aliphatic carbocycles.